The van der Waals surface area contributed by atoms with E-state index < -0.39 is 10.0 Å². The monoisotopic (exact) mass is 235 g/mol. The van der Waals surface area contributed by atoms with Gasteiger partial charge in [0.15, 0.2) is 0 Å². The van der Waals surface area contributed by atoms with Crippen molar-refractivity contribution < 1.29 is 13.5 Å². The first-order valence-corrected chi connectivity index (χ1v) is 7.29. The number of aliphatic hydroxyl groups excluding tert-OH is 1. The summed E-state index contributed by atoms with van der Waals surface area (Å²) in [5.74, 6) is 0.647. The van der Waals surface area contributed by atoms with Crippen molar-refractivity contribution in [2.24, 2.45) is 5.92 Å². The molecule has 5 heteroatoms. The van der Waals surface area contributed by atoms with E-state index in [-0.39, 0.29) is 18.9 Å². The van der Waals surface area contributed by atoms with Crippen LogP contribution in [0.2, 0.25) is 0 Å². The predicted molar refractivity (Wildman–Crippen MR) is 60.1 cm³/mol. The van der Waals surface area contributed by atoms with Crippen molar-refractivity contribution in [3.63, 3.8) is 0 Å². The summed E-state index contributed by atoms with van der Waals surface area (Å²) in [6, 6.07) is 0. The standard InChI is InChI=1S/C10H21NO3S/c1-2-3-6-11(7-8-12)15(13,14)9-10-4-5-10/h10,12H,2-9H2,1H3. The molecule has 1 fully saturated rings. The summed E-state index contributed by atoms with van der Waals surface area (Å²) in [5.41, 5.74) is 0. The van der Waals surface area contributed by atoms with Crippen LogP contribution in [0.1, 0.15) is 32.6 Å². The van der Waals surface area contributed by atoms with Crippen molar-refractivity contribution in [3.8, 4) is 0 Å². The van der Waals surface area contributed by atoms with Gasteiger partial charge in [-0.05, 0) is 25.2 Å². The van der Waals surface area contributed by atoms with Crippen LogP contribution in [0.15, 0.2) is 0 Å². The third-order valence-corrected chi connectivity index (χ3v) is 4.69. The maximum Gasteiger partial charge on any atom is 0.214 e. The summed E-state index contributed by atoms with van der Waals surface area (Å²) >= 11 is 0. The first kappa shape index (κ1) is 12.9. The topological polar surface area (TPSA) is 57.6 Å². The molecule has 0 unspecified atom stereocenters. The van der Waals surface area contributed by atoms with Crippen LogP contribution in [-0.2, 0) is 10.0 Å². The van der Waals surface area contributed by atoms with Gasteiger partial charge in [0, 0.05) is 13.1 Å². The summed E-state index contributed by atoms with van der Waals surface area (Å²) in [7, 11) is -3.12. The van der Waals surface area contributed by atoms with Crippen LogP contribution in [0, 0.1) is 5.92 Å². The molecule has 0 spiro atoms. The van der Waals surface area contributed by atoms with Gasteiger partial charge in [-0.3, -0.25) is 0 Å². The van der Waals surface area contributed by atoms with E-state index in [1.807, 2.05) is 6.92 Å². The smallest absolute Gasteiger partial charge is 0.214 e. The Labute approximate surface area is 92.3 Å². The fourth-order valence-electron chi connectivity index (χ4n) is 1.52. The zero-order chi connectivity index (χ0) is 11.3. The van der Waals surface area contributed by atoms with Crippen molar-refractivity contribution in [3.05, 3.63) is 0 Å². The Morgan fingerprint density at radius 2 is 2.00 bits per heavy atom. The van der Waals surface area contributed by atoms with Crippen molar-refractivity contribution >= 4 is 10.0 Å². The molecule has 0 aromatic carbocycles. The molecule has 0 amide bonds. The number of aliphatic hydroxyl groups is 1. The fourth-order valence-corrected chi connectivity index (χ4v) is 3.43. The number of sulfonamides is 1. The molecular formula is C10H21NO3S. The summed E-state index contributed by atoms with van der Waals surface area (Å²) in [5, 5.41) is 8.84. The van der Waals surface area contributed by atoms with E-state index in [2.05, 4.69) is 0 Å². The number of rotatable bonds is 8. The summed E-state index contributed by atoms with van der Waals surface area (Å²) in [4.78, 5) is 0. The van der Waals surface area contributed by atoms with E-state index >= 15 is 0 Å². The van der Waals surface area contributed by atoms with Crippen LogP contribution in [0.4, 0.5) is 0 Å². The molecule has 1 aliphatic rings. The molecule has 1 rings (SSSR count). The van der Waals surface area contributed by atoms with E-state index in [4.69, 9.17) is 5.11 Å². The Kier molecular flexibility index (Phi) is 5.02. The maximum absolute atomic E-state index is 11.9. The van der Waals surface area contributed by atoms with E-state index in [1.165, 1.54) is 4.31 Å². The Bertz CT molecular complexity index is 272. The van der Waals surface area contributed by atoms with Gasteiger partial charge in [-0.1, -0.05) is 13.3 Å². The molecule has 0 aromatic rings. The zero-order valence-electron chi connectivity index (χ0n) is 9.35. The Hall–Kier alpha value is -0.130. The summed E-state index contributed by atoms with van der Waals surface area (Å²) in [6.45, 7) is 2.74. The second kappa shape index (κ2) is 5.82. The number of nitrogens with zero attached hydrogens (tertiary/aromatic N) is 1. The molecule has 0 radical (unpaired) electrons. The quantitative estimate of drug-likeness (QED) is 0.677. The van der Waals surface area contributed by atoms with Crippen molar-refractivity contribution in [2.75, 3.05) is 25.4 Å². The van der Waals surface area contributed by atoms with Gasteiger partial charge in [-0.25, -0.2) is 8.42 Å². The third-order valence-electron chi connectivity index (χ3n) is 2.65. The highest BCUT2D eigenvalue weighted by Gasteiger charge is 2.31. The largest absolute Gasteiger partial charge is 0.395 e. The second-order valence-corrected chi connectivity index (χ2v) is 6.21. The van der Waals surface area contributed by atoms with Gasteiger partial charge in [0.05, 0.1) is 12.4 Å². The van der Waals surface area contributed by atoms with Gasteiger partial charge >= 0.3 is 0 Å². The number of hydrogen-bond donors (Lipinski definition) is 1. The van der Waals surface area contributed by atoms with Crippen molar-refractivity contribution in [2.45, 2.75) is 32.6 Å². The van der Waals surface area contributed by atoms with Crippen LogP contribution >= 0.6 is 0 Å². The van der Waals surface area contributed by atoms with Gasteiger partial charge in [-0.15, -0.1) is 0 Å². The average molecular weight is 235 g/mol. The molecule has 0 atom stereocenters. The highest BCUT2D eigenvalue weighted by Crippen LogP contribution is 2.31. The van der Waals surface area contributed by atoms with E-state index in [0.717, 1.165) is 25.7 Å². The van der Waals surface area contributed by atoms with Gasteiger partial charge in [0.25, 0.3) is 0 Å². The SMILES string of the molecule is CCCCN(CCO)S(=O)(=O)CC1CC1. The lowest BCUT2D eigenvalue weighted by Crippen LogP contribution is -2.36. The maximum atomic E-state index is 11.9. The fraction of sp³-hybridized carbons (Fsp3) is 1.00. The first-order chi connectivity index (χ1) is 7.10. The molecule has 1 aliphatic carbocycles. The number of unbranched alkanes of at least 4 members (excludes halogenated alkanes) is 1. The second-order valence-electron chi connectivity index (χ2n) is 4.20. The molecule has 1 saturated carbocycles. The Morgan fingerprint density at radius 1 is 1.33 bits per heavy atom. The van der Waals surface area contributed by atoms with Gasteiger partial charge in [-0.2, -0.15) is 4.31 Å². The molecule has 0 aliphatic heterocycles. The molecule has 1 N–H and O–H groups in total. The Morgan fingerprint density at radius 3 is 2.47 bits per heavy atom. The van der Waals surface area contributed by atoms with Crippen LogP contribution in [0.25, 0.3) is 0 Å². The molecule has 0 bridgehead atoms. The minimum absolute atomic E-state index is 0.0897. The van der Waals surface area contributed by atoms with Gasteiger partial charge in [0.1, 0.15) is 0 Å². The van der Waals surface area contributed by atoms with Gasteiger partial charge in [0.2, 0.25) is 10.0 Å². The normalized spacial score (nSPS) is 17.3. The zero-order valence-corrected chi connectivity index (χ0v) is 10.2. The van der Waals surface area contributed by atoms with Crippen LogP contribution in [0.3, 0.4) is 0 Å². The minimum atomic E-state index is -3.12. The molecular weight excluding hydrogens is 214 g/mol. The average Bonchev–Trinajstić information content (AvgIpc) is 2.95. The van der Waals surface area contributed by atoms with Crippen molar-refractivity contribution in [1.29, 1.82) is 0 Å². The minimum Gasteiger partial charge on any atom is -0.395 e. The molecule has 0 saturated heterocycles. The molecule has 0 heterocycles. The van der Waals surface area contributed by atoms with Crippen LogP contribution in [-0.4, -0.2) is 43.3 Å². The lowest BCUT2D eigenvalue weighted by molar-refractivity contribution is 0.252. The third kappa shape index (κ3) is 4.49. The lowest BCUT2D eigenvalue weighted by Gasteiger charge is -2.20. The molecule has 0 aromatic heterocycles. The first-order valence-electron chi connectivity index (χ1n) is 5.69. The van der Waals surface area contributed by atoms with E-state index in [0.29, 0.717) is 12.5 Å². The molecule has 4 nitrogen and oxygen atoms in total. The highest BCUT2D eigenvalue weighted by atomic mass is 32.2. The summed E-state index contributed by atoms with van der Waals surface area (Å²) in [6.07, 6.45) is 3.92. The Balaban J connectivity index is 2.50. The molecule has 90 valence electrons. The van der Waals surface area contributed by atoms with Crippen LogP contribution in [0.5, 0.6) is 0 Å². The highest BCUT2D eigenvalue weighted by molar-refractivity contribution is 7.89. The van der Waals surface area contributed by atoms with Gasteiger partial charge < -0.3 is 5.11 Å². The van der Waals surface area contributed by atoms with E-state index in [9.17, 15) is 8.42 Å². The number of hydrogen-bond acceptors (Lipinski definition) is 3. The van der Waals surface area contributed by atoms with E-state index in [1.54, 1.807) is 0 Å². The predicted octanol–water partition coefficient (Wildman–Crippen LogP) is 0.821. The summed E-state index contributed by atoms with van der Waals surface area (Å²) < 4.78 is 25.2. The molecule has 15 heavy (non-hydrogen) atoms. The lowest BCUT2D eigenvalue weighted by atomic mass is 10.3. The van der Waals surface area contributed by atoms with Crippen LogP contribution < -0.4 is 0 Å². The van der Waals surface area contributed by atoms with Crippen molar-refractivity contribution in [1.82, 2.24) is 4.31 Å².